The zero-order chi connectivity index (χ0) is 15.1. The van der Waals surface area contributed by atoms with Gasteiger partial charge in [-0.3, -0.25) is 9.59 Å². The Morgan fingerprint density at radius 3 is 2.65 bits per heavy atom. The van der Waals surface area contributed by atoms with Crippen molar-refractivity contribution >= 4 is 17.5 Å². The Kier molecular flexibility index (Phi) is 5.75. The molecule has 0 aromatic heterocycles. The Balaban J connectivity index is 2.89. The first kappa shape index (κ1) is 15.7. The molecule has 0 aliphatic carbocycles. The van der Waals surface area contributed by atoms with Crippen molar-refractivity contribution in [2.75, 3.05) is 32.2 Å². The number of benzene rings is 1. The van der Waals surface area contributed by atoms with E-state index < -0.39 is 17.6 Å². The van der Waals surface area contributed by atoms with Gasteiger partial charge < -0.3 is 30.7 Å². The van der Waals surface area contributed by atoms with Crippen molar-refractivity contribution in [3.05, 3.63) is 17.7 Å². The summed E-state index contributed by atoms with van der Waals surface area (Å²) < 4.78 is 9.72. The Labute approximate surface area is 115 Å². The van der Waals surface area contributed by atoms with E-state index in [2.05, 4.69) is 5.32 Å². The third-order valence-electron chi connectivity index (χ3n) is 2.35. The summed E-state index contributed by atoms with van der Waals surface area (Å²) in [6, 6.07) is 2.76. The number of methoxy groups -OCH3 is 1. The van der Waals surface area contributed by atoms with E-state index in [9.17, 15) is 14.7 Å². The van der Waals surface area contributed by atoms with Crippen LogP contribution in [0.3, 0.4) is 0 Å². The summed E-state index contributed by atoms with van der Waals surface area (Å²) in [5, 5.41) is 20.8. The molecule has 0 radical (unpaired) electrons. The van der Waals surface area contributed by atoms with Crippen LogP contribution in [-0.2, 0) is 9.53 Å². The summed E-state index contributed by atoms with van der Waals surface area (Å²) in [6.07, 6.45) is 0. The van der Waals surface area contributed by atoms with Gasteiger partial charge in [0.1, 0.15) is 17.9 Å². The van der Waals surface area contributed by atoms with E-state index in [1.807, 2.05) is 0 Å². The number of anilines is 1. The maximum absolute atomic E-state index is 11.5. The van der Waals surface area contributed by atoms with Crippen molar-refractivity contribution in [1.29, 1.82) is 0 Å². The van der Waals surface area contributed by atoms with Crippen LogP contribution in [-0.4, -0.2) is 49.0 Å². The highest BCUT2D eigenvalue weighted by atomic mass is 16.5. The molecular weight excluding hydrogens is 268 g/mol. The second-order valence-corrected chi connectivity index (χ2v) is 3.73. The predicted octanol–water partition coefficient (Wildman–Crippen LogP) is -0.553. The summed E-state index contributed by atoms with van der Waals surface area (Å²) in [6.45, 7) is -0.473. The molecule has 1 aromatic carbocycles. The van der Waals surface area contributed by atoms with Gasteiger partial charge in [0, 0.05) is 0 Å². The molecule has 8 nitrogen and oxygen atoms in total. The van der Waals surface area contributed by atoms with Crippen LogP contribution in [0.5, 0.6) is 11.5 Å². The molecule has 0 unspecified atom stereocenters. The number of nitrogens with two attached hydrogens (primary N) is 1. The first-order valence-corrected chi connectivity index (χ1v) is 5.69. The Morgan fingerprint density at radius 2 is 2.10 bits per heavy atom. The van der Waals surface area contributed by atoms with Gasteiger partial charge in [-0.2, -0.15) is 0 Å². The fraction of sp³-hybridized carbons (Fsp3) is 0.333. The van der Waals surface area contributed by atoms with Crippen LogP contribution in [0.4, 0.5) is 5.69 Å². The molecule has 0 atom stereocenters. The van der Waals surface area contributed by atoms with Crippen molar-refractivity contribution in [2.24, 2.45) is 5.73 Å². The van der Waals surface area contributed by atoms with Crippen LogP contribution >= 0.6 is 0 Å². The first-order valence-electron chi connectivity index (χ1n) is 5.69. The van der Waals surface area contributed by atoms with Crippen LogP contribution < -0.4 is 15.8 Å². The molecule has 0 saturated heterocycles. The van der Waals surface area contributed by atoms with Crippen LogP contribution in [0.1, 0.15) is 10.4 Å². The van der Waals surface area contributed by atoms with E-state index in [-0.39, 0.29) is 36.8 Å². The highest BCUT2D eigenvalue weighted by Gasteiger charge is 2.19. The molecule has 20 heavy (non-hydrogen) atoms. The molecule has 8 heteroatoms. The molecule has 2 amide bonds. The molecule has 0 aliphatic rings. The van der Waals surface area contributed by atoms with E-state index in [1.165, 1.54) is 19.2 Å². The van der Waals surface area contributed by atoms with Gasteiger partial charge in [0.25, 0.3) is 5.91 Å². The van der Waals surface area contributed by atoms with E-state index in [1.54, 1.807) is 0 Å². The highest BCUT2D eigenvalue weighted by molar-refractivity contribution is 6.02. The number of rotatable bonds is 7. The summed E-state index contributed by atoms with van der Waals surface area (Å²) in [5.41, 5.74) is 4.94. The quantitative estimate of drug-likeness (QED) is 0.392. The van der Waals surface area contributed by atoms with E-state index >= 15 is 0 Å². The van der Waals surface area contributed by atoms with Crippen molar-refractivity contribution < 1.29 is 29.3 Å². The zero-order valence-electron chi connectivity index (χ0n) is 10.9. The molecule has 0 bridgehead atoms. The fourth-order valence-corrected chi connectivity index (χ4v) is 1.50. The number of carbonyl (C=O) groups excluding carboxylic acids is 2. The van der Waals surface area contributed by atoms with Gasteiger partial charge >= 0.3 is 0 Å². The maximum atomic E-state index is 11.5. The van der Waals surface area contributed by atoms with Crippen molar-refractivity contribution in [2.45, 2.75) is 0 Å². The van der Waals surface area contributed by atoms with Gasteiger partial charge in [-0.15, -0.1) is 0 Å². The van der Waals surface area contributed by atoms with Gasteiger partial charge in [0.2, 0.25) is 5.91 Å². The number of carbonyl (C=O) groups is 2. The normalized spacial score (nSPS) is 10.1. The van der Waals surface area contributed by atoms with E-state index in [0.29, 0.717) is 0 Å². The van der Waals surface area contributed by atoms with Crippen molar-refractivity contribution in [3.8, 4) is 11.5 Å². The van der Waals surface area contributed by atoms with Gasteiger partial charge in [-0.1, -0.05) is 0 Å². The lowest BCUT2D eigenvalue weighted by atomic mass is 10.1. The molecule has 1 aromatic rings. The second-order valence-electron chi connectivity index (χ2n) is 3.73. The number of phenols is 1. The number of amides is 2. The van der Waals surface area contributed by atoms with Crippen LogP contribution in [0, 0.1) is 0 Å². The average Bonchev–Trinajstić information content (AvgIpc) is 2.40. The van der Waals surface area contributed by atoms with E-state index in [0.717, 1.165) is 0 Å². The Hall–Kier alpha value is -2.32. The molecule has 0 fully saturated rings. The fourth-order valence-electron chi connectivity index (χ4n) is 1.50. The van der Waals surface area contributed by atoms with Crippen LogP contribution in [0.25, 0.3) is 0 Å². The monoisotopic (exact) mass is 284 g/mol. The number of primary amides is 1. The number of aliphatic hydroxyl groups excluding tert-OH is 1. The summed E-state index contributed by atoms with van der Waals surface area (Å²) in [5.74, 6) is -1.81. The number of aliphatic hydroxyl groups is 1. The molecular formula is C12H16N2O6. The number of ether oxygens (including phenoxy) is 2. The molecule has 5 N–H and O–H groups in total. The van der Waals surface area contributed by atoms with Crippen molar-refractivity contribution in [3.63, 3.8) is 0 Å². The predicted molar refractivity (Wildman–Crippen MR) is 69.7 cm³/mol. The summed E-state index contributed by atoms with van der Waals surface area (Å²) >= 11 is 0. The number of aromatic hydroxyl groups is 1. The van der Waals surface area contributed by atoms with Gasteiger partial charge in [-0.05, 0) is 12.1 Å². The Morgan fingerprint density at radius 1 is 1.40 bits per heavy atom. The molecule has 0 spiro atoms. The molecule has 110 valence electrons. The third kappa shape index (κ3) is 3.84. The topological polar surface area (TPSA) is 131 Å². The third-order valence-corrected chi connectivity index (χ3v) is 2.35. The largest absolute Gasteiger partial charge is 0.505 e. The van der Waals surface area contributed by atoms with Gasteiger partial charge in [0.15, 0.2) is 5.75 Å². The molecule has 1 rings (SSSR count). The molecule has 0 aliphatic heterocycles. The number of hydrogen-bond donors (Lipinski definition) is 4. The van der Waals surface area contributed by atoms with E-state index in [4.69, 9.17) is 20.3 Å². The SMILES string of the molecule is COc1ccc(NC(=O)COCCO)c(O)c1C(N)=O. The number of hydrogen-bond acceptors (Lipinski definition) is 6. The minimum absolute atomic E-state index is 0.0113. The van der Waals surface area contributed by atoms with Crippen molar-refractivity contribution in [1.82, 2.24) is 0 Å². The summed E-state index contributed by atoms with van der Waals surface area (Å²) in [7, 11) is 1.32. The lowest BCUT2D eigenvalue weighted by Gasteiger charge is -2.12. The zero-order valence-corrected chi connectivity index (χ0v) is 10.9. The molecule has 0 heterocycles. The Bertz CT molecular complexity index is 503. The number of nitrogens with one attached hydrogen (secondary N) is 1. The standard InChI is InChI=1S/C12H16N2O6/c1-19-8-3-2-7(11(17)10(8)12(13)18)14-9(16)6-20-5-4-15/h2-3,15,17H,4-6H2,1H3,(H2,13,18)(H,14,16). The lowest BCUT2D eigenvalue weighted by Crippen LogP contribution is -2.20. The second kappa shape index (κ2) is 7.31. The van der Waals surface area contributed by atoms with Gasteiger partial charge in [0.05, 0.1) is 26.0 Å². The maximum Gasteiger partial charge on any atom is 0.256 e. The van der Waals surface area contributed by atoms with Gasteiger partial charge in [-0.25, -0.2) is 0 Å². The molecule has 0 saturated carbocycles. The highest BCUT2D eigenvalue weighted by Crippen LogP contribution is 2.34. The lowest BCUT2D eigenvalue weighted by molar-refractivity contribution is -0.120. The summed E-state index contributed by atoms with van der Waals surface area (Å²) in [4.78, 5) is 22.8. The van der Waals surface area contributed by atoms with Crippen LogP contribution in [0.15, 0.2) is 12.1 Å². The smallest absolute Gasteiger partial charge is 0.256 e. The van der Waals surface area contributed by atoms with Crippen LogP contribution in [0.2, 0.25) is 0 Å². The average molecular weight is 284 g/mol. The minimum Gasteiger partial charge on any atom is -0.505 e. The minimum atomic E-state index is -0.882. The first-order chi connectivity index (χ1) is 9.51.